The van der Waals surface area contributed by atoms with Gasteiger partial charge in [0.25, 0.3) is 5.69 Å². The van der Waals surface area contributed by atoms with Crippen LogP contribution in [-0.2, 0) is 9.53 Å². The van der Waals surface area contributed by atoms with E-state index in [0.717, 1.165) is 11.1 Å². The first kappa shape index (κ1) is 17.4. The number of nitro groups is 1. The van der Waals surface area contributed by atoms with Gasteiger partial charge in [-0.15, -0.1) is 0 Å². The molecule has 23 heavy (non-hydrogen) atoms. The van der Waals surface area contributed by atoms with Crippen LogP contribution in [0.25, 0.3) is 0 Å². The van der Waals surface area contributed by atoms with E-state index in [1.807, 2.05) is 25.7 Å². The van der Waals surface area contributed by atoms with E-state index in [1.165, 1.54) is 6.07 Å². The predicted molar refractivity (Wildman–Crippen MR) is 87.6 cm³/mol. The number of nitro benzene ring substituents is 1. The maximum atomic E-state index is 12.3. The number of hydrogen-bond acceptors (Lipinski definition) is 5. The Morgan fingerprint density at radius 2 is 1.96 bits per heavy atom. The zero-order chi connectivity index (χ0) is 17.1. The number of anilines is 1. The number of rotatable bonds is 4. The summed E-state index contributed by atoms with van der Waals surface area (Å²) in [7, 11) is 0. The number of ether oxygens (including phenoxy) is 1. The summed E-state index contributed by atoms with van der Waals surface area (Å²) in [6.07, 6.45) is 0.142. The lowest BCUT2D eigenvalue weighted by Crippen LogP contribution is -2.48. The summed E-state index contributed by atoms with van der Waals surface area (Å²) in [5.41, 5.74) is 1.83. The quantitative estimate of drug-likeness (QED) is 0.679. The minimum absolute atomic E-state index is 0.0709. The maximum absolute atomic E-state index is 12.3. The molecule has 1 aliphatic rings. The number of amides is 1. The van der Waals surface area contributed by atoms with Gasteiger partial charge in [0, 0.05) is 19.2 Å². The molecule has 1 N–H and O–H groups in total. The van der Waals surface area contributed by atoms with Crippen LogP contribution < -0.4 is 5.32 Å². The lowest BCUT2D eigenvalue weighted by Gasteiger charge is -2.34. The largest absolute Gasteiger partial charge is 0.373 e. The fraction of sp³-hybridized carbons (Fsp3) is 0.562. The Balaban J connectivity index is 2.11. The fourth-order valence-electron chi connectivity index (χ4n) is 2.91. The van der Waals surface area contributed by atoms with Crippen LogP contribution in [0.2, 0.25) is 0 Å². The molecule has 1 aromatic rings. The van der Waals surface area contributed by atoms with Crippen molar-refractivity contribution in [3.8, 4) is 0 Å². The van der Waals surface area contributed by atoms with Gasteiger partial charge in [-0.3, -0.25) is 19.8 Å². The van der Waals surface area contributed by atoms with Crippen molar-refractivity contribution < 1.29 is 14.5 Å². The highest BCUT2D eigenvalue weighted by Gasteiger charge is 2.25. The predicted octanol–water partition coefficient (Wildman–Crippen LogP) is 2.26. The number of carbonyl (C=O) groups is 1. The van der Waals surface area contributed by atoms with Crippen LogP contribution in [0.15, 0.2) is 12.1 Å². The van der Waals surface area contributed by atoms with Gasteiger partial charge in [-0.25, -0.2) is 0 Å². The molecular formula is C16H23N3O4. The molecule has 1 aromatic carbocycles. The third-order valence-electron chi connectivity index (χ3n) is 4.04. The number of nitrogens with one attached hydrogen (secondary N) is 1. The molecule has 1 saturated heterocycles. The van der Waals surface area contributed by atoms with Crippen LogP contribution in [0.3, 0.4) is 0 Å². The second-order valence-electron chi connectivity index (χ2n) is 6.16. The van der Waals surface area contributed by atoms with Crippen molar-refractivity contribution in [2.75, 3.05) is 25.0 Å². The van der Waals surface area contributed by atoms with Crippen LogP contribution >= 0.6 is 0 Å². The smallest absolute Gasteiger partial charge is 0.293 e. The van der Waals surface area contributed by atoms with Gasteiger partial charge in [0.1, 0.15) is 5.69 Å². The average Bonchev–Trinajstić information content (AvgIpc) is 2.42. The summed E-state index contributed by atoms with van der Waals surface area (Å²) < 4.78 is 5.64. The molecule has 1 amide bonds. The number of benzene rings is 1. The highest BCUT2D eigenvalue weighted by molar-refractivity contribution is 5.95. The van der Waals surface area contributed by atoms with Crippen LogP contribution in [-0.4, -0.2) is 47.6 Å². The topological polar surface area (TPSA) is 84.7 Å². The van der Waals surface area contributed by atoms with Gasteiger partial charge in [-0.1, -0.05) is 6.07 Å². The van der Waals surface area contributed by atoms with E-state index in [4.69, 9.17) is 4.74 Å². The van der Waals surface area contributed by atoms with Crippen molar-refractivity contribution in [3.05, 3.63) is 33.4 Å². The van der Waals surface area contributed by atoms with E-state index in [2.05, 4.69) is 5.32 Å². The summed E-state index contributed by atoms with van der Waals surface area (Å²) in [6, 6.07) is 3.12. The van der Waals surface area contributed by atoms with Crippen molar-refractivity contribution in [3.63, 3.8) is 0 Å². The van der Waals surface area contributed by atoms with Crippen LogP contribution in [0, 0.1) is 24.0 Å². The summed E-state index contributed by atoms with van der Waals surface area (Å²) in [5, 5.41) is 13.9. The van der Waals surface area contributed by atoms with Gasteiger partial charge in [-0.2, -0.15) is 0 Å². The molecule has 0 saturated carbocycles. The van der Waals surface area contributed by atoms with Gasteiger partial charge < -0.3 is 10.1 Å². The average molecular weight is 321 g/mol. The van der Waals surface area contributed by atoms with Crippen molar-refractivity contribution in [2.45, 2.75) is 39.9 Å². The zero-order valence-corrected chi connectivity index (χ0v) is 14.0. The first-order valence-electron chi connectivity index (χ1n) is 7.70. The molecule has 1 fully saturated rings. The van der Waals surface area contributed by atoms with Gasteiger partial charge in [0.15, 0.2) is 0 Å². The number of hydrogen-bond donors (Lipinski definition) is 1. The minimum Gasteiger partial charge on any atom is -0.373 e. The molecule has 7 nitrogen and oxygen atoms in total. The Bertz CT molecular complexity index is 608. The molecule has 1 aliphatic heterocycles. The van der Waals surface area contributed by atoms with Crippen LogP contribution in [0.4, 0.5) is 11.4 Å². The summed E-state index contributed by atoms with van der Waals surface area (Å²) >= 11 is 0. The SMILES string of the molecule is Cc1ccc([N+](=O)[O-])c(NC(=O)CN2C[C@@H](C)O[C@H](C)C2)c1C. The zero-order valence-electron chi connectivity index (χ0n) is 14.0. The number of aryl methyl sites for hydroxylation is 1. The second-order valence-corrected chi connectivity index (χ2v) is 6.16. The molecule has 0 aromatic heterocycles. The lowest BCUT2D eigenvalue weighted by molar-refractivity contribution is -0.384. The van der Waals surface area contributed by atoms with Crippen molar-refractivity contribution in [1.82, 2.24) is 4.90 Å². The summed E-state index contributed by atoms with van der Waals surface area (Å²) in [5.74, 6) is -0.247. The van der Waals surface area contributed by atoms with Gasteiger partial charge in [0.2, 0.25) is 5.91 Å². The lowest BCUT2D eigenvalue weighted by atomic mass is 10.1. The Labute approximate surface area is 135 Å². The van der Waals surface area contributed by atoms with E-state index in [1.54, 1.807) is 13.0 Å². The Morgan fingerprint density at radius 3 is 2.52 bits per heavy atom. The maximum Gasteiger partial charge on any atom is 0.293 e. The van der Waals surface area contributed by atoms with Crippen LogP contribution in [0.5, 0.6) is 0 Å². The molecule has 0 radical (unpaired) electrons. The molecule has 0 aliphatic carbocycles. The number of carbonyl (C=O) groups excluding carboxylic acids is 1. The molecule has 2 atom stereocenters. The van der Waals surface area contributed by atoms with Gasteiger partial charge >= 0.3 is 0 Å². The first-order chi connectivity index (χ1) is 10.8. The molecule has 126 valence electrons. The Hall–Kier alpha value is -1.99. The third-order valence-corrected chi connectivity index (χ3v) is 4.04. The van der Waals surface area contributed by atoms with E-state index >= 15 is 0 Å². The van der Waals surface area contributed by atoms with E-state index in [-0.39, 0.29) is 36.0 Å². The van der Waals surface area contributed by atoms with E-state index in [0.29, 0.717) is 13.1 Å². The Morgan fingerprint density at radius 1 is 1.35 bits per heavy atom. The number of nitrogens with zero attached hydrogens (tertiary/aromatic N) is 2. The monoisotopic (exact) mass is 321 g/mol. The Kier molecular flexibility index (Phi) is 5.33. The standard InChI is InChI=1S/C16H23N3O4/c1-10-5-6-14(19(21)22)16(13(10)4)17-15(20)9-18-7-11(2)23-12(3)8-18/h5-6,11-12H,7-9H2,1-4H3,(H,17,20)/t11-,12-/m1/s1. The van der Waals surface area contributed by atoms with Crippen LogP contribution in [0.1, 0.15) is 25.0 Å². The third kappa shape index (κ3) is 4.27. The minimum atomic E-state index is -0.471. The second kappa shape index (κ2) is 7.06. The van der Waals surface area contributed by atoms with Gasteiger partial charge in [-0.05, 0) is 38.8 Å². The van der Waals surface area contributed by atoms with E-state index < -0.39 is 4.92 Å². The highest BCUT2D eigenvalue weighted by atomic mass is 16.6. The number of morpholine rings is 1. The molecular weight excluding hydrogens is 298 g/mol. The summed E-state index contributed by atoms with van der Waals surface area (Å²) in [4.78, 5) is 25.0. The van der Waals surface area contributed by atoms with Crippen molar-refractivity contribution in [2.24, 2.45) is 0 Å². The molecule has 0 spiro atoms. The van der Waals surface area contributed by atoms with Crippen molar-refractivity contribution in [1.29, 1.82) is 0 Å². The summed E-state index contributed by atoms with van der Waals surface area (Å²) in [6.45, 7) is 9.12. The van der Waals surface area contributed by atoms with Crippen molar-refractivity contribution >= 4 is 17.3 Å². The first-order valence-corrected chi connectivity index (χ1v) is 7.70. The molecule has 0 bridgehead atoms. The van der Waals surface area contributed by atoms with Gasteiger partial charge in [0.05, 0.1) is 23.7 Å². The highest BCUT2D eigenvalue weighted by Crippen LogP contribution is 2.30. The fourth-order valence-corrected chi connectivity index (χ4v) is 2.91. The molecule has 0 unspecified atom stereocenters. The molecule has 2 rings (SSSR count). The normalized spacial score (nSPS) is 21.9. The van der Waals surface area contributed by atoms with E-state index in [9.17, 15) is 14.9 Å². The molecule has 7 heteroatoms. The molecule has 1 heterocycles.